The van der Waals surface area contributed by atoms with Crippen molar-refractivity contribution < 1.29 is 4.42 Å². The van der Waals surface area contributed by atoms with Crippen molar-refractivity contribution in [3.8, 4) is 28.7 Å². The molecular formula is C51H31N5OS. The molecule has 5 heterocycles. The molecule has 1 aliphatic rings. The van der Waals surface area contributed by atoms with E-state index in [4.69, 9.17) is 19.4 Å². The van der Waals surface area contributed by atoms with Crippen molar-refractivity contribution in [1.82, 2.24) is 24.1 Å². The standard InChI is InChI=1S/C51H31N5OS/c1-6-22-41-31(13-1)32-14-2-7-23-42(32)55(41)30-27-28-36-38-19-12-21-40(48(38)58-46(36)29-30)50-52-49(39-20-11-18-37-35-17-5-10-26-45(35)57-47(37)39)53-51(54-50)56-43-24-8-3-15-33(43)34-16-4-9-25-44(34)56/h1-28,30H,29H2. The quantitative estimate of drug-likeness (QED) is 0.179. The van der Waals surface area contributed by atoms with Crippen LogP contribution in [0.1, 0.15) is 16.5 Å². The Morgan fingerprint density at radius 2 is 1.03 bits per heavy atom. The maximum absolute atomic E-state index is 6.56. The van der Waals surface area contributed by atoms with E-state index in [0.717, 1.165) is 61.3 Å². The summed E-state index contributed by atoms with van der Waals surface area (Å²) < 4.78 is 12.4. The lowest BCUT2D eigenvalue weighted by atomic mass is 9.98. The molecular weight excluding hydrogens is 731 g/mol. The van der Waals surface area contributed by atoms with Gasteiger partial charge in [0.25, 0.3) is 0 Å². The van der Waals surface area contributed by atoms with Crippen LogP contribution in [0.5, 0.6) is 0 Å². The number of benzene rings is 7. The Labute approximate surface area is 335 Å². The molecule has 0 amide bonds. The first kappa shape index (κ1) is 31.8. The molecule has 0 N–H and O–H groups in total. The number of hydrogen-bond acceptors (Lipinski definition) is 5. The molecule has 0 saturated carbocycles. The maximum Gasteiger partial charge on any atom is 0.238 e. The van der Waals surface area contributed by atoms with Gasteiger partial charge < -0.3 is 8.98 Å². The van der Waals surface area contributed by atoms with Crippen LogP contribution in [0.15, 0.2) is 168 Å². The Balaban J connectivity index is 1.03. The maximum atomic E-state index is 6.56. The second-order valence-corrected chi connectivity index (χ2v) is 16.2. The van der Waals surface area contributed by atoms with Gasteiger partial charge in [0.05, 0.1) is 22.6 Å². The van der Waals surface area contributed by atoms with Crippen LogP contribution in [0, 0.1) is 0 Å². The van der Waals surface area contributed by atoms with Gasteiger partial charge in [-0.05, 0) is 48.0 Å². The lowest BCUT2D eigenvalue weighted by Crippen LogP contribution is -2.11. The molecule has 12 aromatic rings. The van der Waals surface area contributed by atoms with Crippen molar-refractivity contribution in [2.24, 2.45) is 0 Å². The van der Waals surface area contributed by atoms with E-state index in [1.807, 2.05) is 29.5 Å². The number of hydrogen-bond donors (Lipinski definition) is 0. The first-order chi connectivity index (χ1) is 28.8. The van der Waals surface area contributed by atoms with Crippen LogP contribution < -0.4 is 0 Å². The van der Waals surface area contributed by atoms with E-state index in [9.17, 15) is 0 Å². The van der Waals surface area contributed by atoms with Crippen LogP contribution >= 0.6 is 11.3 Å². The number of nitrogens with zero attached hydrogens (tertiary/aromatic N) is 5. The number of aromatic nitrogens is 5. The van der Waals surface area contributed by atoms with Crippen LogP contribution in [0.25, 0.3) is 110 Å². The van der Waals surface area contributed by atoms with E-state index < -0.39 is 0 Å². The smallest absolute Gasteiger partial charge is 0.238 e. The second kappa shape index (κ2) is 12.1. The highest BCUT2D eigenvalue weighted by Gasteiger charge is 2.26. The first-order valence-corrected chi connectivity index (χ1v) is 20.4. The normalized spacial score (nSPS) is 14.2. The average molecular weight is 762 g/mol. The van der Waals surface area contributed by atoms with Crippen LogP contribution in [0.3, 0.4) is 0 Å². The third-order valence-electron chi connectivity index (χ3n) is 11.9. The van der Waals surface area contributed by atoms with Crippen molar-refractivity contribution in [3.63, 3.8) is 0 Å². The highest BCUT2D eigenvalue weighted by molar-refractivity contribution is 7.20. The van der Waals surface area contributed by atoms with E-state index >= 15 is 0 Å². The summed E-state index contributed by atoms with van der Waals surface area (Å²) >= 11 is 1.86. The first-order valence-electron chi connectivity index (χ1n) is 19.6. The minimum absolute atomic E-state index is 0.184. The van der Waals surface area contributed by atoms with Gasteiger partial charge in [0.1, 0.15) is 11.2 Å². The van der Waals surface area contributed by atoms with E-state index in [1.54, 1.807) is 0 Å². The summed E-state index contributed by atoms with van der Waals surface area (Å²) in [6.07, 6.45) is 5.62. The van der Waals surface area contributed by atoms with Gasteiger partial charge in [-0.25, -0.2) is 4.98 Å². The molecule has 1 atom stereocenters. The molecule has 13 rings (SSSR count). The molecule has 5 aromatic heterocycles. The summed E-state index contributed by atoms with van der Waals surface area (Å²) in [7, 11) is 0. The summed E-state index contributed by atoms with van der Waals surface area (Å²) in [5, 5.41) is 8.20. The lowest BCUT2D eigenvalue weighted by molar-refractivity contribution is 0.642. The predicted octanol–water partition coefficient (Wildman–Crippen LogP) is 13.3. The van der Waals surface area contributed by atoms with E-state index in [0.29, 0.717) is 17.6 Å². The van der Waals surface area contributed by atoms with Gasteiger partial charge in [-0.1, -0.05) is 127 Å². The molecule has 58 heavy (non-hydrogen) atoms. The zero-order valence-corrected chi connectivity index (χ0v) is 31.8. The molecule has 7 aromatic carbocycles. The summed E-state index contributed by atoms with van der Waals surface area (Å²) in [6, 6.07) is 55.6. The van der Waals surface area contributed by atoms with Gasteiger partial charge in [0.15, 0.2) is 11.6 Å². The Kier molecular flexibility index (Phi) is 6.62. The zero-order chi connectivity index (χ0) is 37.9. The van der Waals surface area contributed by atoms with E-state index in [1.165, 1.54) is 42.3 Å². The van der Waals surface area contributed by atoms with Crippen molar-refractivity contribution in [2.45, 2.75) is 12.5 Å². The summed E-state index contributed by atoms with van der Waals surface area (Å²) in [6.45, 7) is 0. The van der Waals surface area contributed by atoms with Gasteiger partial charge in [0, 0.05) is 70.3 Å². The van der Waals surface area contributed by atoms with Crippen LogP contribution in [-0.2, 0) is 6.42 Å². The fourth-order valence-corrected chi connectivity index (χ4v) is 10.8. The van der Waals surface area contributed by atoms with Crippen molar-refractivity contribution in [2.75, 3.05) is 0 Å². The minimum atomic E-state index is 0.184. The highest BCUT2D eigenvalue weighted by Crippen LogP contribution is 2.45. The van der Waals surface area contributed by atoms with E-state index in [-0.39, 0.29) is 6.04 Å². The lowest BCUT2D eigenvalue weighted by Gasteiger charge is -2.21. The van der Waals surface area contributed by atoms with Gasteiger partial charge in [-0.3, -0.25) is 4.57 Å². The van der Waals surface area contributed by atoms with Crippen LogP contribution in [-0.4, -0.2) is 24.1 Å². The number of furan rings is 1. The molecule has 0 aliphatic heterocycles. The summed E-state index contributed by atoms with van der Waals surface area (Å²) in [5.74, 6) is 1.76. The Hall–Kier alpha value is -7.35. The number of rotatable bonds is 4. The number of para-hydroxylation sites is 6. The fraction of sp³-hybridized carbons (Fsp3) is 0.0392. The number of thiophene rings is 1. The Bertz CT molecular complexity index is 3590. The van der Waals surface area contributed by atoms with E-state index in [2.05, 4.69) is 161 Å². The molecule has 6 nitrogen and oxygen atoms in total. The number of fused-ring (bicyclic) bond motifs is 12. The van der Waals surface area contributed by atoms with Gasteiger partial charge >= 0.3 is 0 Å². The molecule has 0 bridgehead atoms. The molecule has 7 heteroatoms. The highest BCUT2D eigenvalue weighted by atomic mass is 32.1. The molecule has 1 aliphatic carbocycles. The summed E-state index contributed by atoms with van der Waals surface area (Å²) in [5.41, 5.74) is 9.30. The molecule has 1 unspecified atom stereocenters. The second-order valence-electron chi connectivity index (χ2n) is 15.1. The molecule has 0 saturated heterocycles. The van der Waals surface area contributed by atoms with Gasteiger partial charge in [0.2, 0.25) is 5.95 Å². The molecule has 0 radical (unpaired) electrons. The predicted molar refractivity (Wildman–Crippen MR) is 239 cm³/mol. The van der Waals surface area contributed by atoms with Crippen LogP contribution in [0.4, 0.5) is 0 Å². The Morgan fingerprint density at radius 3 is 1.72 bits per heavy atom. The Morgan fingerprint density at radius 1 is 0.500 bits per heavy atom. The van der Waals surface area contributed by atoms with Crippen LogP contribution in [0.2, 0.25) is 0 Å². The molecule has 0 fully saturated rings. The average Bonchev–Trinajstić information content (AvgIpc) is 4.03. The van der Waals surface area contributed by atoms with Crippen molar-refractivity contribution >= 4 is 93.0 Å². The molecule has 0 spiro atoms. The van der Waals surface area contributed by atoms with Crippen molar-refractivity contribution in [3.05, 3.63) is 174 Å². The minimum Gasteiger partial charge on any atom is -0.455 e. The number of allylic oxidation sites excluding steroid dienone is 1. The topological polar surface area (TPSA) is 61.7 Å². The van der Waals surface area contributed by atoms with Gasteiger partial charge in [-0.15, -0.1) is 11.3 Å². The third kappa shape index (κ3) is 4.50. The largest absolute Gasteiger partial charge is 0.455 e. The summed E-state index contributed by atoms with van der Waals surface area (Å²) in [4.78, 5) is 17.4. The monoisotopic (exact) mass is 761 g/mol. The third-order valence-corrected chi connectivity index (χ3v) is 13.2. The van der Waals surface area contributed by atoms with Crippen molar-refractivity contribution in [1.29, 1.82) is 0 Å². The fourth-order valence-electron chi connectivity index (χ4n) is 9.42. The molecule has 272 valence electrons. The van der Waals surface area contributed by atoms with Gasteiger partial charge in [-0.2, -0.15) is 9.97 Å². The SMILES string of the molecule is C1=CC(n2c3ccccc3c3ccccc32)Cc2sc3c(-c4nc(-c5cccc6c5oc5ccccc56)nc(-n5c6ccccc6c6ccccc65)n4)cccc3c21. The zero-order valence-electron chi connectivity index (χ0n) is 31.0.